The molecule has 10 nitrogen and oxygen atoms in total. The Kier molecular flexibility index (Phi) is 6.35. The van der Waals surface area contributed by atoms with Gasteiger partial charge in [0.25, 0.3) is 5.69 Å². The minimum Gasteiger partial charge on any atom is -0.468 e. The van der Waals surface area contributed by atoms with Crippen LogP contribution in [0.25, 0.3) is 0 Å². The van der Waals surface area contributed by atoms with Gasteiger partial charge in [0.2, 0.25) is 0 Å². The maximum absolute atomic E-state index is 12.2. The summed E-state index contributed by atoms with van der Waals surface area (Å²) in [5, 5.41) is 15.7. The number of nitrogens with one attached hydrogen (secondary N) is 2. The fourth-order valence-corrected chi connectivity index (χ4v) is 2.90. The molecular weight excluding hydrogens is 368 g/mol. The highest BCUT2D eigenvalue weighted by Gasteiger charge is 2.26. The fourth-order valence-electron chi connectivity index (χ4n) is 2.90. The maximum Gasteiger partial charge on any atom is 0.313 e. The molecule has 1 aromatic heterocycles. The highest BCUT2D eigenvalue weighted by Crippen LogP contribution is 2.21. The van der Waals surface area contributed by atoms with Crippen LogP contribution in [0.5, 0.6) is 0 Å². The third-order valence-electron chi connectivity index (χ3n) is 4.36. The lowest BCUT2D eigenvalue weighted by Crippen LogP contribution is -2.45. The lowest BCUT2D eigenvalue weighted by atomic mass is 10.1. The molecule has 2 heterocycles. The van der Waals surface area contributed by atoms with Crippen molar-refractivity contribution < 1.29 is 23.7 Å². The van der Waals surface area contributed by atoms with Crippen molar-refractivity contribution in [2.75, 3.05) is 38.2 Å². The van der Waals surface area contributed by atoms with Crippen molar-refractivity contribution in [3.63, 3.8) is 0 Å². The number of non-ortho nitro benzene ring substituents is 1. The molecule has 148 valence electrons. The van der Waals surface area contributed by atoms with Crippen LogP contribution in [-0.4, -0.2) is 54.5 Å². The monoisotopic (exact) mass is 388 g/mol. The number of morpholine rings is 1. The van der Waals surface area contributed by atoms with Crippen LogP contribution in [-0.2, 0) is 14.3 Å². The number of rotatable bonds is 6. The summed E-state index contributed by atoms with van der Waals surface area (Å²) in [5.74, 6) is -0.963. The largest absolute Gasteiger partial charge is 0.468 e. The summed E-state index contributed by atoms with van der Waals surface area (Å²) in [6.07, 6.45) is 1.56. The molecule has 2 N–H and O–H groups in total. The number of ether oxygens (including phenoxy) is 1. The van der Waals surface area contributed by atoms with Gasteiger partial charge in [-0.05, 0) is 24.3 Å². The number of nitrogens with zero attached hydrogens (tertiary/aromatic N) is 2. The first-order valence-corrected chi connectivity index (χ1v) is 8.73. The van der Waals surface area contributed by atoms with E-state index in [9.17, 15) is 19.7 Å². The minimum atomic E-state index is -0.853. The number of anilines is 1. The number of furan rings is 1. The van der Waals surface area contributed by atoms with Crippen LogP contribution in [0.1, 0.15) is 11.8 Å². The van der Waals surface area contributed by atoms with E-state index >= 15 is 0 Å². The highest BCUT2D eigenvalue weighted by atomic mass is 16.6. The van der Waals surface area contributed by atoms with Gasteiger partial charge in [-0.3, -0.25) is 24.6 Å². The SMILES string of the molecule is O=C(NCC(c1ccco1)N1CCOCC1)C(=O)Nc1ccc([N+](=O)[O-])cc1. The standard InChI is InChI=1S/C18H20N4O6/c23-17(18(24)20-13-3-5-14(6-4-13)22(25)26)19-12-15(16-2-1-9-28-16)21-7-10-27-11-8-21/h1-6,9,15H,7-8,10-12H2,(H,19,23)(H,20,24). The first-order chi connectivity index (χ1) is 13.5. The molecule has 1 aliphatic heterocycles. The van der Waals surface area contributed by atoms with Crippen LogP contribution < -0.4 is 10.6 Å². The topological polar surface area (TPSA) is 127 Å². The zero-order valence-electron chi connectivity index (χ0n) is 15.0. The average Bonchev–Trinajstić information content (AvgIpc) is 3.23. The van der Waals surface area contributed by atoms with Crippen LogP contribution in [0.2, 0.25) is 0 Å². The first-order valence-electron chi connectivity index (χ1n) is 8.73. The lowest BCUT2D eigenvalue weighted by molar-refractivity contribution is -0.384. The van der Waals surface area contributed by atoms with Gasteiger partial charge < -0.3 is 19.8 Å². The molecule has 1 aromatic carbocycles. The smallest absolute Gasteiger partial charge is 0.313 e. The Balaban J connectivity index is 1.57. The summed E-state index contributed by atoms with van der Waals surface area (Å²) < 4.78 is 10.8. The van der Waals surface area contributed by atoms with Crippen LogP contribution in [0.3, 0.4) is 0 Å². The summed E-state index contributed by atoms with van der Waals surface area (Å²) in [6, 6.07) is 8.60. The second-order valence-corrected chi connectivity index (χ2v) is 6.15. The number of hydrogen-bond donors (Lipinski definition) is 2. The van der Waals surface area contributed by atoms with Crippen molar-refractivity contribution in [3.05, 3.63) is 58.5 Å². The van der Waals surface area contributed by atoms with Crippen LogP contribution in [0.4, 0.5) is 11.4 Å². The molecule has 28 heavy (non-hydrogen) atoms. The number of carbonyl (C=O) groups excluding carboxylic acids is 2. The van der Waals surface area contributed by atoms with E-state index in [1.807, 2.05) is 6.07 Å². The first kappa shape index (κ1) is 19.5. The molecule has 10 heteroatoms. The Morgan fingerprint density at radius 3 is 2.46 bits per heavy atom. The molecule has 0 bridgehead atoms. The zero-order valence-corrected chi connectivity index (χ0v) is 15.0. The average molecular weight is 388 g/mol. The molecule has 1 saturated heterocycles. The lowest BCUT2D eigenvalue weighted by Gasteiger charge is -2.33. The molecule has 2 amide bonds. The number of benzene rings is 1. The van der Waals surface area contributed by atoms with Crippen LogP contribution in [0, 0.1) is 10.1 Å². The van der Waals surface area contributed by atoms with E-state index in [0.29, 0.717) is 37.8 Å². The van der Waals surface area contributed by atoms with E-state index in [0.717, 1.165) is 0 Å². The van der Waals surface area contributed by atoms with Crippen molar-refractivity contribution in [3.8, 4) is 0 Å². The van der Waals surface area contributed by atoms with Gasteiger partial charge in [0, 0.05) is 37.5 Å². The molecular formula is C18H20N4O6. The Morgan fingerprint density at radius 2 is 1.86 bits per heavy atom. The summed E-state index contributed by atoms with van der Waals surface area (Å²) in [4.78, 5) is 36.5. The molecule has 0 aliphatic carbocycles. The zero-order chi connectivity index (χ0) is 19.9. The van der Waals surface area contributed by atoms with E-state index in [4.69, 9.17) is 9.15 Å². The summed E-state index contributed by atoms with van der Waals surface area (Å²) in [6.45, 7) is 2.75. The molecule has 1 aliphatic rings. The normalized spacial score (nSPS) is 15.6. The third-order valence-corrected chi connectivity index (χ3v) is 4.36. The molecule has 1 fully saturated rings. The Morgan fingerprint density at radius 1 is 1.14 bits per heavy atom. The van der Waals surface area contributed by atoms with Crippen molar-refractivity contribution in [1.82, 2.24) is 10.2 Å². The Hall–Kier alpha value is -3.24. The molecule has 2 aromatic rings. The van der Waals surface area contributed by atoms with Crippen molar-refractivity contribution in [2.45, 2.75) is 6.04 Å². The molecule has 3 rings (SSSR count). The number of nitro benzene ring substituents is 1. The van der Waals surface area contributed by atoms with E-state index in [1.165, 1.54) is 24.3 Å². The van der Waals surface area contributed by atoms with Crippen LogP contribution >= 0.6 is 0 Å². The number of hydrogen-bond acceptors (Lipinski definition) is 7. The second-order valence-electron chi connectivity index (χ2n) is 6.15. The van der Waals surface area contributed by atoms with Gasteiger partial charge in [0.05, 0.1) is 30.4 Å². The number of nitro groups is 1. The van der Waals surface area contributed by atoms with Gasteiger partial charge in [0.1, 0.15) is 5.76 Å². The van der Waals surface area contributed by atoms with Gasteiger partial charge in [0.15, 0.2) is 0 Å². The van der Waals surface area contributed by atoms with E-state index in [2.05, 4.69) is 15.5 Å². The van der Waals surface area contributed by atoms with Crippen molar-refractivity contribution >= 4 is 23.2 Å². The fraction of sp³-hybridized carbons (Fsp3) is 0.333. The van der Waals surface area contributed by atoms with Gasteiger partial charge in [-0.2, -0.15) is 0 Å². The summed E-state index contributed by atoms with van der Waals surface area (Å²) in [7, 11) is 0. The molecule has 1 atom stereocenters. The maximum atomic E-state index is 12.2. The number of amides is 2. The molecule has 0 saturated carbocycles. The van der Waals surface area contributed by atoms with Gasteiger partial charge in [-0.25, -0.2) is 0 Å². The highest BCUT2D eigenvalue weighted by molar-refractivity contribution is 6.39. The van der Waals surface area contributed by atoms with Gasteiger partial charge in [-0.15, -0.1) is 0 Å². The van der Waals surface area contributed by atoms with Gasteiger partial charge in [-0.1, -0.05) is 0 Å². The summed E-state index contributed by atoms with van der Waals surface area (Å²) in [5.41, 5.74) is 0.191. The second kappa shape index (κ2) is 9.11. The number of carbonyl (C=O) groups is 2. The van der Waals surface area contributed by atoms with E-state index in [-0.39, 0.29) is 18.3 Å². The van der Waals surface area contributed by atoms with Crippen molar-refractivity contribution in [2.24, 2.45) is 0 Å². The third kappa shape index (κ3) is 4.93. The van der Waals surface area contributed by atoms with Crippen molar-refractivity contribution in [1.29, 1.82) is 0 Å². The van der Waals surface area contributed by atoms with Gasteiger partial charge >= 0.3 is 11.8 Å². The Labute approximate surface area is 160 Å². The minimum absolute atomic E-state index is 0.103. The van der Waals surface area contributed by atoms with E-state index in [1.54, 1.807) is 12.3 Å². The quantitative estimate of drug-likeness (QED) is 0.434. The molecule has 0 spiro atoms. The molecule has 0 radical (unpaired) electrons. The predicted molar refractivity (Wildman–Crippen MR) is 98.6 cm³/mol. The summed E-state index contributed by atoms with van der Waals surface area (Å²) >= 11 is 0. The molecule has 1 unspecified atom stereocenters. The van der Waals surface area contributed by atoms with E-state index < -0.39 is 16.7 Å². The van der Waals surface area contributed by atoms with Crippen LogP contribution in [0.15, 0.2) is 47.1 Å². The Bertz CT molecular complexity index is 815. The predicted octanol–water partition coefficient (Wildman–Crippen LogP) is 1.32.